The lowest BCUT2D eigenvalue weighted by atomic mass is 10.2. The number of anilines is 1. The molecule has 2 atom stereocenters. The summed E-state index contributed by atoms with van der Waals surface area (Å²) >= 11 is 0.603. The van der Waals surface area contributed by atoms with Crippen molar-refractivity contribution < 1.29 is 27.5 Å². The Labute approximate surface area is 163 Å². The fraction of sp³-hybridized carbons (Fsp3) is 0.368. The summed E-state index contributed by atoms with van der Waals surface area (Å²) in [6.45, 7) is 1.18. The first kappa shape index (κ1) is 18.8. The topological polar surface area (TPSA) is 49.9 Å². The van der Waals surface area contributed by atoms with E-state index in [9.17, 15) is 22.8 Å². The van der Waals surface area contributed by atoms with Crippen LogP contribution in [0.4, 0.5) is 18.9 Å². The van der Waals surface area contributed by atoms with E-state index >= 15 is 0 Å². The van der Waals surface area contributed by atoms with Crippen molar-refractivity contribution in [3.05, 3.63) is 46.2 Å². The third-order valence-electron chi connectivity index (χ3n) is 5.20. The molecule has 1 amide bonds. The first-order valence-electron chi connectivity index (χ1n) is 8.71. The van der Waals surface area contributed by atoms with Gasteiger partial charge < -0.3 is 14.5 Å². The molecule has 0 spiro atoms. The number of fused-ring (bicyclic) bond motifs is 2. The van der Waals surface area contributed by atoms with Crippen LogP contribution in [0.3, 0.4) is 0 Å². The van der Waals surface area contributed by atoms with Gasteiger partial charge in [-0.3, -0.25) is 9.59 Å². The van der Waals surface area contributed by atoms with Crippen LogP contribution >= 0.6 is 11.3 Å². The van der Waals surface area contributed by atoms with Gasteiger partial charge in [-0.25, -0.2) is 0 Å². The van der Waals surface area contributed by atoms with E-state index in [4.69, 9.17) is 4.74 Å². The van der Waals surface area contributed by atoms with Crippen LogP contribution in [0.1, 0.15) is 25.8 Å². The van der Waals surface area contributed by atoms with Gasteiger partial charge in [0.1, 0.15) is 5.75 Å². The molecule has 3 heterocycles. The van der Waals surface area contributed by atoms with Gasteiger partial charge in [-0.15, -0.1) is 11.3 Å². The van der Waals surface area contributed by atoms with Crippen LogP contribution in [-0.4, -0.2) is 55.0 Å². The summed E-state index contributed by atoms with van der Waals surface area (Å²) < 4.78 is 42.9. The van der Waals surface area contributed by atoms with Crippen LogP contribution in [0, 0.1) is 0 Å². The summed E-state index contributed by atoms with van der Waals surface area (Å²) in [7, 11) is 1.61. The molecule has 0 unspecified atom stereocenters. The molecule has 2 fully saturated rings. The monoisotopic (exact) mass is 410 g/mol. The van der Waals surface area contributed by atoms with Gasteiger partial charge in [0, 0.05) is 24.8 Å². The van der Waals surface area contributed by atoms with Crippen molar-refractivity contribution >= 4 is 28.7 Å². The van der Waals surface area contributed by atoms with Crippen molar-refractivity contribution in [3.63, 3.8) is 0 Å². The number of thiophene rings is 1. The highest BCUT2D eigenvalue weighted by Crippen LogP contribution is 2.37. The van der Waals surface area contributed by atoms with E-state index in [-0.39, 0.29) is 22.9 Å². The molecular formula is C19H17F3N2O3S. The first-order valence-corrected chi connectivity index (χ1v) is 9.52. The maximum Gasteiger partial charge on any atom is 0.455 e. The minimum Gasteiger partial charge on any atom is -0.497 e. The number of benzene rings is 1. The molecule has 2 aliphatic heterocycles. The van der Waals surface area contributed by atoms with Crippen molar-refractivity contribution in [2.75, 3.05) is 25.1 Å². The van der Waals surface area contributed by atoms with E-state index in [1.807, 2.05) is 24.3 Å². The number of carbonyl (C=O) groups excluding carboxylic acids is 2. The molecule has 1 aromatic carbocycles. The van der Waals surface area contributed by atoms with E-state index in [1.165, 1.54) is 6.07 Å². The lowest BCUT2D eigenvalue weighted by Gasteiger charge is -2.35. The Hall–Kier alpha value is -2.55. The highest BCUT2D eigenvalue weighted by molar-refractivity contribution is 7.16. The number of likely N-dealkylation sites (tertiary alicyclic amines) is 1. The number of alkyl halides is 3. The summed E-state index contributed by atoms with van der Waals surface area (Å²) in [5, 5.41) is 0. The highest BCUT2D eigenvalue weighted by atomic mass is 32.1. The molecule has 0 saturated carbocycles. The van der Waals surface area contributed by atoms with Gasteiger partial charge in [0.05, 0.1) is 22.9 Å². The number of amides is 1. The summed E-state index contributed by atoms with van der Waals surface area (Å²) in [5.41, 5.74) is 1.05. The number of hydrogen-bond donors (Lipinski definition) is 0. The number of ketones is 1. The molecule has 4 rings (SSSR count). The van der Waals surface area contributed by atoms with Crippen LogP contribution in [0.25, 0.3) is 0 Å². The molecule has 0 aliphatic carbocycles. The molecule has 148 valence electrons. The third kappa shape index (κ3) is 3.23. The lowest BCUT2D eigenvalue weighted by molar-refractivity contribution is -0.0882. The third-order valence-corrected chi connectivity index (χ3v) is 6.28. The average Bonchev–Trinajstić information content (AvgIpc) is 3.41. The SMILES string of the molecule is COc1ccc(N2C[C@@H]3C[C@H]2CN3C(=O)c2ccc(C(=O)C(F)(F)F)s2)cc1. The zero-order valence-electron chi connectivity index (χ0n) is 14.9. The number of piperazine rings is 1. The van der Waals surface area contributed by atoms with Crippen LogP contribution in [0.15, 0.2) is 36.4 Å². The van der Waals surface area contributed by atoms with Crippen molar-refractivity contribution in [3.8, 4) is 5.75 Å². The molecule has 1 aromatic heterocycles. The number of methoxy groups -OCH3 is 1. The van der Waals surface area contributed by atoms with Gasteiger partial charge in [-0.2, -0.15) is 13.2 Å². The molecule has 2 aliphatic rings. The van der Waals surface area contributed by atoms with Crippen molar-refractivity contribution in [1.82, 2.24) is 4.90 Å². The highest BCUT2D eigenvalue weighted by Gasteiger charge is 2.46. The van der Waals surface area contributed by atoms with E-state index in [1.54, 1.807) is 12.0 Å². The maximum absolute atomic E-state index is 12.8. The Bertz CT molecular complexity index is 910. The van der Waals surface area contributed by atoms with Crippen molar-refractivity contribution in [2.24, 2.45) is 0 Å². The second-order valence-electron chi connectivity index (χ2n) is 6.84. The molecule has 5 nitrogen and oxygen atoms in total. The second-order valence-corrected chi connectivity index (χ2v) is 7.93. The summed E-state index contributed by atoms with van der Waals surface area (Å²) in [4.78, 5) is 27.7. The van der Waals surface area contributed by atoms with Gasteiger partial charge in [-0.1, -0.05) is 0 Å². The van der Waals surface area contributed by atoms with E-state index in [0.29, 0.717) is 24.4 Å². The van der Waals surface area contributed by atoms with Crippen LogP contribution in [0.2, 0.25) is 0 Å². The van der Waals surface area contributed by atoms with Crippen LogP contribution < -0.4 is 9.64 Å². The van der Waals surface area contributed by atoms with Gasteiger partial charge in [-0.05, 0) is 42.8 Å². The number of rotatable bonds is 4. The van der Waals surface area contributed by atoms with E-state index < -0.39 is 16.8 Å². The Morgan fingerprint density at radius 3 is 2.29 bits per heavy atom. The molecule has 2 aromatic rings. The minimum atomic E-state index is -4.93. The Morgan fingerprint density at radius 2 is 1.71 bits per heavy atom. The zero-order chi connectivity index (χ0) is 20.1. The molecule has 0 N–H and O–H groups in total. The molecule has 9 heteroatoms. The molecule has 0 radical (unpaired) electrons. The summed E-state index contributed by atoms with van der Waals surface area (Å²) in [6.07, 6.45) is -4.12. The average molecular weight is 410 g/mol. The van der Waals surface area contributed by atoms with Crippen LogP contribution in [0.5, 0.6) is 5.75 Å². The number of carbonyl (C=O) groups is 2. The normalized spacial score (nSPS) is 21.3. The Morgan fingerprint density at radius 1 is 1.04 bits per heavy atom. The van der Waals surface area contributed by atoms with Crippen molar-refractivity contribution in [1.29, 1.82) is 0 Å². The number of ether oxygens (including phenoxy) is 1. The standard InChI is InChI=1S/C19H17F3N2O3S/c1-27-14-4-2-11(3-5-14)23-9-13-8-12(23)10-24(13)18(26)16-7-6-15(28-16)17(25)19(20,21)22/h2-7,12-13H,8-10H2,1H3/t12-,13-/m0/s1. The van der Waals surface area contributed by atoms with Gasteiger partial charge in [0.2, 0.25) is 0 Å². The minimum absolute atomic E-state index is 0.00321. The van der Waals surface area contributed by atoms with Crippen molar-refractivity contribution in [2.45, 2.75) is 24.7 Å². The fourth-order valence-electron chi connectivity index (χ4n) is 3.86. The number of nitrogens with zero attached hydrogens (tertiary/aromatic N) is 2. The summed E-state index contributed by atoms with van der Waals surface area (Å²) in [6, 6.07) is 10.3. The van der Waals surface area contributed by atoms with Gasteiger partial charge in [0.15, 0.2) is 0 Å². The molecular weight excluding hydrogens is 393 g/mol. The Balaban J connectivity index is 1.45. The van der Waals surface area contributed by atoms with E-state index in [0.717, 1.165) is 23.9 Å². The summed E-state index contributed by atoms with van der Waals surface area (Å²) in [5.74, 6) is -1.45. The molecule has 28 heavy (non-hydrogen) atoms. The predicted octanol–water partition coefficient (Wildman–Crippen LogP) is 3.61. The second kappa shape index (κ2) is 6.80. The maximum atomic E-state index is 12.8. The Kier molecular flexibility index (Phi) is 4.57. The van der Waals surface area contributed by atoms with E-state index in [2.05, 4.69) is 4.90 Å². The number of hydrogen-bond acceptors (Lipinski definition) is 5. The fourth-order valence-corrected chi connectivity index (χ4v) is 4.78. The molecule has 2 saturated heterocycles. The number of Topliss-reactive ketones (excluding diaryl/α,β-unsaturated/α-hetero) is 1. The lowest BCUT2D eigenvalue weighted by Crippen LogP contribution is -2.48. The molecule has 2 bridgehead atoms. The zero-order valence-corrected chi connectivity index (χ0v) is 15.7. The van der Waals surface area contributed by atoms with Gasteiger partial charge >= 0.3 is 6.18 Å². The smallest absolute Gasteiger partial charge is 0.455 e. The largest absolute Gasteiger partial charge is 0.497 e. The first-order chi connectivity index (χ1) is 13.3. The predicted molar refractivity (Wildman–Crippen MR) is 98.3 cm³/mol. The number of halogens is 3. The van der Waals surface area contributed by atoms with Gasteiger partial charge in [0.25, 0.3) is 11.7 Å². The quantitative estimate of drug-likeness (QED) is 0.723. The van der Waals surface area contributed by atoms with Crippen LogP contribution in [-0.2, 0) is 0 Å².